The molecular formula is C22H27FN6O2. The summed E-state index contributed by atoms with van der Waals surface area (Å²) in [5.41, 5.74) is 2.05. The number of hydrogen-bond acceptors (Lipinski definition) is 7. The number of hydrogen-bond donors (Lipinski definition) is 0. The van der Waals surface area contributed by atoms with Gasteiger partial charge in [-0.15, -0.1) is 5.10 Å². The van der Waals surface area contributed by atoms with Crippen LogP contribution in [-0.2, 0) is 11.3 Å². The summed E-state index contributed by atoms with van der Waals surface area (Å²) in [5.74, 6) is 1.34. The molecule has 0 saturated carbocycles. The first kappa shape index (κ1) is 21.2. The normalized spacial score (nSPS) is 15.8. The standard InChI is InChI=1S/C22H27FN6O2/c1-30-16-15-29-22(24-25-26-29)21(17-7-9-18(23)10-8-17)28-13-11-27(12-14-28)19-5-3-4-6-20(19)31-2/h3-10,21H,11-16H2,1-2H3/t21-/m0/s1. The van der Waals surface area contributed by atoms with Crippen LogP contribution in [0.3, 0.4) is 0 Å². The zero-order valence-electron chi connectivity index (χ0n) is 17.8. The topological polar surface area (TPSA) is 68.5 Å². The molecule has 0 N–H and O–H groups in total. The lowest BCUT2D eigenvalue weighted by molar-refractivity contribution is 0.171. The zero-order valence-corrected chi connectivity index (χ0v) is 17.8. The second-order valence-corrected chi connectivity index (χ2v) is 7.40. The van der Waals surface area contributed by atoms with Crippen molar-refractivity contribution >= 4 is 5.69 Å². The number of ether oxygens (including phenoxy) is 2. The van der Waals surface area contributed by atoms with E-state index in [4.69, 9.17) is 9.47 Å². The molecule has 1 aliphatic heterocycles. The number of halogens is 1. The highest BCUT2D eigenvalue weighted by Gasteiger charge is 2.31. The Bertz CT molecular complexity index is 972. The Labute approximate surface area is 181 Å². The summed E-state index contributed by atoms with van der Waals surface area (Å²) in [6, 6.07) is 14.5. The lowest BCUT2D eigenvalue weighted by atomic mass is 10.0. The summed E-state index contributed by atoms with van der Waals surface area (Å²) in [6.45, 7) is 4.33. The molecule has 1 fully saturated rings. The third-order valence-electron chi connectivity index (χ3n) is 5.60. The van der Waals surface area contributed by atoms with Crippen molar-refractivity contribution in [2.24, 2.45) is 0 Å². The highest BCUT2D eigenvalue weighted by molar-refractivity contribution is 5.58. The molecule has 4 rings (SSSR count). The number of rotatable bonds is 8. The first-order chi connectivity index (χ1) is 15.2. The van der Waals surface area contributed by atoms with Crippen molar-refractivity contribution in [2.75, 3.05) is 51.9 Å². The van der Waals surface area contributed by atoms with E-state index in [2.05, 4.69) is 31.4 Å². The summed E-state index contributed by atoms with van der Waals surface area (Å²) in [5, 5.41) is 12.4. The van der Waals surface area contributed by atoms with Crippen LogP contribution in [-0.4, -0.2) is 72.1 Å². The molecule has 0 bridgehead atoms. The van der Waals surface area contributed by atoms with E-state index in [9.17, 15) is 4.39 Å². The molecule has 1 aromatic heterocycles. The highest BCUT2D eigenvalue weighted by Crippen LogP contribution is 2.32. The molecule has 0 aliphatic carbocycles. The predicted molar refractivity (Wildman–Crippen MR) is 115 cm³/mol. The molecule has 1 aliphatic rings. The molecule has 164 valence electrons. The molecule has 1 saturated heterocycles. The quantitative estimate of drug-likeness (QED) is 0.548. The number of tetrazole rings is 1. The lowest BCUT2D eigenvalue weighted by Gasteiger charge is -2.40. The van der Waals surface area contributed by atoms with Crippen molar-refractivity contribution < 1.29 is 13.9 Å². The van der Waals surface area contributed by atoms with Crippen LogP contribution in [0.2, 0.25) is 0 Å². The van der Waals surface area contributed by atoms with Gasteiger partial charge in [-0.25, -0.2) is 9.07 Å². The van der Waals surface area contributed by atoms with Crippen molar-refractivity contribution in [2.45, 2.75) is 12.6 Å². The van der Waals surface area contributed by atoms with Gasteiger partial charge in [-0.3, -0.25) is 4.90 Å². The van der Waals surface area contributed by atoms with Crippen LogP contribution in [0.5, 0.6) is 5.75 Å². The molecule has 8 nitrogen and oxygen atoms in total. The second kappa shape index (κ2) is 9.84. The Morgan fingerprint density at radius 1 is 1.00 bits per heavy atom. The molecule has 2 heterocycles. The smallest absolute Gasteiger partial charge is 0.173 e. The van der Waals surface area contributed by atoms with Gasteiger partial charge in [0.2, 0.25) is 0 Å². The molecule has 3 aromatic rings. The van der Waals surface area contributed by atoms with Crippen LogP contribution in [0.1, 0.15) is 17.4 Å². The third-order valence-corrected chi connectivity index (χ3v) is 5.60. The van der Waals surface area contributed by atoms with Gasteiger partial charge in [-0.05, 0) is 40.3 Å². The maximum absolute atomic E-state index is 13.6. The van der Waals surface area contributed by atoms with E-state index in [0.717, 1.165) is 49.0 Å². The van der Waals surface area contributed by atoms with Crippen molar-refractivity contribution in [1.82, 2.24) is 25.1 Å². The molecule has 2 aromatic carbocycles. The fourth-order valence-electron chi connectivity index (χ4n) is 4.02. The average molecular weight is 426 g/mol. The molecule has 9 heteroatoms. The molecular weight excluding hydrogens is 399 g/mol. The number of piperazine rings is 1. The van der Waals surface area contributed by atoms with Gasteiger partial charge in [0.25, 0.3) is 0 Å². The minimum Gasteiger partial charge on any atom is -0.495 e. The van der Waals surface area contributed by atoms with Gasteiger partial charge in [-0.2, -0.15) is 0 Å². The van der Waals surface area contributed by atoms with Crippen LogP contribution < -0.4 is 9.64 Å². The summed E-state index contributed by atoms with van der Waals surface area (Å²) >= 11 is 0. The van der Waals surface area contributed by atoms with Crippen molar-refractivity contribution in [1.29, 1.82) is 0 Å². The van der Waals surface area contributed by atoms with Crippen LogP contribution in [0.15, 0.2) is 48.5 Å². The van der Waals surface area contributed by atoms with E-state index in [1.165, 1.54) is 12.1 Å². The monoisotopic (exact) mass is 426 g/mol. The van der Waals surface area contributed by atoms with E-state index in [1.54, 1.807) is 18.9 Å². The Balaban J connectivity index is 1.58. The van der Waals surface area contributed by atoms with Crippen LogP contribution in [0.25, 0.3) is 0 Å². The van der Waals surface area contributed by atoms with Crippen LogP contribution in [0.4, 0.5) is 10.1 Å². The van der Waals surface area contributed by atoms with Gasteiger partial charge in [0.15, 0.2) is 5.82 Å². The van der Waals surface area contributed by atoms with E-state index in [0.29, 0.717) is 13.2 Å². The van der Waals surface area contributed by atoms with Gasteiger partial charge >= 0.3 is 0 Å². The largest absolute Gasteiger partial charge is 0.495 e. The molecule has 1 atom stereocenters. The molecule has 0 amide bonds. The maximum Gasteiger partial charge on any atom is 0.173 e. The summed E-state index contributed by atoms with van der Waals surface area (Å²) in [4.78, 5) is 4.67. The Kier molecular flexibility index (Phi) is 6.73. The van der Waals surface area contributed by atoms with E-state index in [-0.39, 0.29) is 11.9 Å². The SMILES string of the molecule is COCCn1nnnc1[C@H](c1ccc(F)cc1)N1CCN(c2ccccc2OC)CC1. The van der Waals surface area contributed by atoms with E-state index < -0.39 is 0 Å². The van der Waals surface area contributed by atoms with Gasteiger partial charge < -0.3 is 14.4 Å². The maximum atomic E-state index is 13.6. The van der Waals surface area contributed by atoms with Gasteiger partial charge in [0, 0.05) is 33.3 Å². The highest BCUT2D eigenvalue weighted by atomic mass is 19.1. The van der Waals surface area contributed by atoms with Gasteiger partial charge in [0.05, 0.1) is 32.0 Å². The van der Waals surface area contributed by atoms with Crippen molar-refractivity contribution in [3.63, 3.8) is 0 Å². The molecule has 0 spiro atoms. The lowest BCUT2D eigenvalue weighted by Crippen LogP contribution is -2.48. The van der Waals surface area contributed by atoms with Crippen LogP contribution in [0, 0.1) is 5.82 Å². The number of anilines is 1. The van der Waals surface area contributed by atoms with Crippen molar-refractivity contribution in [3.05, 3.63) is 65.7 Å². The average Bonchev–Trinajstić information content (AvgIpc) is 3.27. The number of para-hydroxylation sites is 2. The van der Waals surface area contributed by atoms with Crippen LogP contribution >= 0.6 is 0 Å². The fourth-order valence-corrected chi connectivity index (χ4v) is 4.02. The Morgan fingerprint density at radius 3 is 2.45 bits per heavy atom. The summed E-state index contributed by atoms with van der Waals surface area (Å²) in [6.07, 6.45) is 0. The Hall–Kier alpha value is -3.04. The molecule has 0 unspecified atom stereocenters. The summed E-state index contributed by atoms with van der Waals surface area (Å²) in [7, 11) is 3.35. The predicted octanol–water partition coefficient (Wildman–Crippen LogP) is 2.38. The number of aromatic nitrogens is 4. The minimum absolute atomic E-state index is 0.174. The Morgan fingerprint density at radius 2 is 1.74 bits per heavy atom. The number of methoxy groups -OCH3 is 2. The molecule has 31 heavy (non-hydrogen) atoms. The minimum atomic E-state index is -0.262. The second-order valence-electron chi connectivity index (χ2n) is 7.40. The zero-order chi connectivity index (χ0) is 21.6. The van der Waals surface area contributed by atoms with Crippen molar-refractivity contribution in [3.8, 4) is 5.75 Å². The third kappa shape index (κ3) is 4.67. The van der Waals surface area contributed by atoms with E-state index >= 15 is 0 Å². The summed E-state index contributed by atoms with van der Waals surface area (Å²) < 4.78 is 26.1. The van der Waals surface area contributed by atoms with E-state index in [1.807, 2.05) is 30.3 Å². The number of benzene rings is 2. The fraction of sp³-hybridized carbons (Fsp3) is 0.409. The molecule has 0 radical (unpaired) electrons. The first-order valence-corrected chi connectivity index (χ1v) is 10.3. The first-order valence-electron chi connectivity index (χ1n) is 10.3. The van der Waals surface area contributed by atoms with Gasteiger partial charge in [-0.1, -0.05) is 24.3 Å². The van der Waals surface area contributed by atoms with Gasteiger partial charge in [0.1, 0.15) is 11.6 Å². The number of nitrogens with zero attached hydrogens (tertiary/aromatic N) is 6.